The fourth-order valence-electron chi connectivity index (χ4n) is 6.87. The van der Waals surface area contributed by atoms with Crippen LogP contribution in [-0.2, 0) is 28.2 Å². The van der Waals surface area contributed by atoms with Crippen molar-refractivity contribution in [2.24, 2.45) is 5.92 Å². The number of aryl methyl sites for hydroxylation is 1. The van der Waals surface area contributed by atoms with Gasteiger partial charge in [0.25, 0.3) is 11.8 Å². The number of aromatic nitrogens is 3. The number of anilines is 2. The molecule has 7 rings (SSSR count). The van der Waals surface area contributed by atoms with Gasteiger partial charge in [0.2, 0.25) is 0 Å². The van der Waals surface area contributed by atoms with Gasteiger partial charge in [0.1, 0.15) is 17.5 Å². The van der Waals surface area contributed by atoms with Crippen LogP contribution >= 0.6 is 0 Å². The Morgan fingerprint density at radius 1 is 1.04 bits per heavy atom. The van der Waals surface area contributed by atoms with Crippen LogP contribution in [0.3, 0.4) is 0 Å². The number of carbonyl (C=O) groups is 2. The molecule has 2 aliphatic rings. The number of amides is 2. The summed E-state index contributed by atoms with van der Waals surface area (Å²) >= 11 is 0. The first-order chi connectivity index (χ1) is 23.4. The summed E-state index contributed by atoms with van der Waals surface area (Å²) < 4.78 is 13.7. The summed E-state index contributed by atoms with van der Waals surface area (Å²) in [5, 5.41) is 22.1. The fraction of sp³-hybridized carbons (Fsp3) is 0.263. The van der Waals surface area contributed by atoms with Gasteiger partial charge in [-0.1, -0.05) is 72.8 Å². The first-order valence-corrected chi connectivity index (χ1v) is 16.1. The molecule has 0 saturated carbocycles. The molecule has 4 aromatic carbocycles. The molecule has 1 fully saturated rings. The molecule has 0 aliphatic carbocycles. The molecule has 0 unspecified atom stereocenters. The average Bonchev–Trinajstić information content (AvgIpc) is 3.80. The summed E-state index contributed by atoms with van der Waals surface area (Å²) in [5.74, 6) is 0.311. The molecule has 4 atom stereocenters. The highest BCUT2D eigenvalue weighted by Gasteiger charge is 2.59. The van der Waals surface area contributed by atoms with Crippen LogP contribution in [0.15, 0.2) is 109 Å². The van der Waals surface area contributed by atoms with Crippen LogP contribution in [0.1, 0.15) is 58.6 Å². The number of aliphatic hydroxyl groups excluding tert-OH is 1. The Bertz CT molecular complexity index is 1930. The van der Waals surface area contributed by atoms with Gasteiger partial charge in [0, 0.05) is 29.3 Å². The molecule has 3 heterocycles. The number of ether oxygens (including phenoxy) is 2. The van der Waals surface area contributed by atoms with Crippen molar-refractivity contribution in [3.8, 4) is 5.75 Å². The summed E-state index contributed by atoms with van der Waals surface area (Å²) in [4.78, 5) is 29.1. The predicted molar refractivity (Wildman–Crippen MR) is 180 cm³/mol. The molecule has 1 saturated heterocycles. The number of methoxy groups -OCH3 is 1. The van der Waals surface area contributed by atoms with Crippen molar-refractivity contribution in [3.05, 3.63) is 137 Å². The third-order valence-corrected chi connectivity index (χ3v) is 9.33. The monoisotopic (exact) mass is 643 g/mol. The second-order valence-electron chi connectivity index (χ2n) is 12.4. The Labute approximate surface area is 278 Å². The Morgan fingerprint density at radius 2 is 1.81 bits per heavy atom. The van der Waals surface area contributed by atoms with Crippen molar-refractivity contribution in [2.45, 2.75) is 50.7 Å². The zero-order valence-corrected chi connectivity index (χ0v) is 26.8. The van der Waals surface area contributed by atoms with Gasteiger partial charge in [-0.05, 0) is 66.4 Å². The van der Waals surface area contributed by atoms with E-state index in [2.05, 4.69) is 22.6 Å². The second-order valence-corrected chi connectivity index (χ2v) is 12.4. The SMILES string of the molecule is COc1ccc(C(=O)Nc2cccc(CN3C(=O)[C@@]4(O[C@@H](CCn5cc([C@H](O)c6ccccc6)nn5)C[C@H]4C)c4ccccc43)c2)cc1. The van der Waals surface area contributed by atoms with Crippen molar-refractivity contribution < 1.29 is 24.2 Å². The van der Waals surface area contributed by atoms with Gasteiger partial charge in [0.15, 0.2) is 5.60 Å². The highest BCUT2D eigenvalue weighted by molar-refractivity contribution is 6.07. The molecule has 0 radical (unpaired) electrons. The number of rotatable bonds is 10. The van der Waals surface area contributed by atoms with Crippen LogP contribution in [0, 0.1) is 5.92 Å². The standard InChI is InChI=1S/C38H37N5O5/c1-25-21-31(19-20-42-24-33(40-41-42)35(44)27-10-4-3-5-11-27)48-38(25)32-13-6-7-14-34(32)43(37(38)46)23-26-9-8-12-29(22-26)39-36(45)28-15-17-30(47-2)18-16-28/h3-18,22,24-25,31,35,44H,19-21,23H2,1-2H3,(H,39,45)/t25-,31+,35-,38+/m1/s1. The van der Waals surface area contributed by atoms with Crippen LogP contribution in [0.2, 0.25) is 0 Å². The molecule has 2 N–H and O–H groups in total. The van der Waals surface area contributed by atoms with Gasteiger partial charge in [0.05, 0.1) is 31.6 Å². The van der Waals surface area contributed by atoms with E-state index in [0.717, 1.165) is 28.8 Å². The van der Waals surface area contributed by atoms with Crippen LogP contribution in [0.4, 0.5) is 11.4 Å². The number of carbonyl (C=O) groups excluding carboxylic acids is 2. The second kappa shape index (κ2) is 13.1. The number of hydrogen-bond donors (Lipinski definition) is 2. The molecule has 1 aromatic heterocycles. The van der Waals surface area contributed by atoms with Crippen LogP contribution in [0.5, 0.6) is 5.75 Å². The van der Waals surface area contributed by atoms with E-state index in [1.807, 2.05) is 78.9 Å². The van der Waals surface area contributed by atoms with Crippen LogP contribution < -0.4 is 15.0 Å². The van der Waals surface area contributed by atoms with Crippen molar-refractivity contribution in [3.63, 3.8) is 0 Å². The van der Waals surface area contributed by atoms with E-state index >= 15 is 0 Å². The Kier molecular flexibility index (Phi) is 8.51. The van der Waals surface area contributed by atoms with Crippen molar-refractivity contribution in [1.29, 1.82) is 0 Å². The van der Waals surface area contributed by atoms with E-state index in [-0.39, 0.29) is 23.8 Å². The van der Waals surface area contributed by atoms with Gasteiger partial charge in [-0.15, -0.1) is 5.10 Å². The molecule has 2 amide bonds. The van der Waals surface area contributed by atoms with Gasteiger partial charge in [-0.25, -0.2) is 0 Å². The highest BCUT2D eigenvalue weighted by atomic mass is 16.5. The number of fused-ring (bicyclic) bond motifs is 2. The quantitative estimate of drug-likeness (QED) is 0.195. The van der Waals surface area contributed by atoms with Crippen molar-refractivity contribution in [1.82, 2.24) is 15.0 Å². The zero-order valence-electron chi connectivity index (χ0n) is 26.8. The number of nitrogens with zero attached hydrogens (tertiary/aromatic N) is 4. The number of nitrogens with one attached hydrogen (secondary N) is 1. The normalized spacial score (nSPS) is 20.6. The fourth-order valence-corrected chi connectivity index (χ4v) is 6.87. The number of benzene rings is 4. The average molecular weight is 644 g/mol. The predicted octanol–water partition coefficient (Wildman–Crippen LogP) is 5.88. The highest BCUT2D eigenvalue weighted by Crippen LogP contribution is 2.53. The molecule has 10 heteroatoms. The Hall–Kier alpha value is -5.32. The lowest BCUT2D eigenvalue weighted by Gasteiger charge is -2.28. The Morgan fingerprint density at radius 3 is 2.60 bits per heavy atom. The summed E-state index contributed by atoms with van der Waals surface area (Å²) in [6.45, 7) is 2.95. The molecular formula is C38H37N5O5. The summed E-state index contributed by atoms with van der Waals surface area (Å²) in [6.07, 6.45) is 2.10. The minimum absolute atomic E-state index is 0.0533. The summed E-state index contributed by atoms with van der Waals surface area (Å²) in [6, 6.07) is 31.7. The van der Waals surface area contributed by atoms with E-state index in [1.54, 1.807) is 47.2 Å². The maximum atomic E-state index is 14.4. The van der Waals surface area contributed by atoms with Crippen molar-refractivity contribution in [2.75, 3.05) is 17.3 Å². The van der Waals surface area contributed by atoms with Crippen LogP contribution in [-0.4, -0.2) is 45.1 Å². The maximum Gasteiger partial charge on any atom is 0.264 e. The van der Waals surface area contributed by atoms with Gasteiger partial charge >= 0.3 is 0 Å². The molecule has 244 valence electrons. The molecular weight excluding hydrogens is 606 g/mol. The summed E-state index contributed by atoms with van der Waals surface area (Å²) in [5.41, 5.74) is 3.90. The molecule has 5 aromatic rings. The minimum Gasteiger partial charge on any atom is -0.497 e. The lowest BCUT2D eigenvalue weighted by Crippen LogP contribution is -2.43. The van der Waals surface area contributed by atoms with Gasteiger partial charge in [-0.2, -0.15) is 0 Å². The van der Waals surface area contributed by atoms with E-state index in [9.17, 15) is 14.7 Å². The van der Waals surface area contributed by atoms with E-state index in [1.165, 1.54) is 0 Å². The van der Waals surface area contributed by atoms with E-state index in [0.29, 0.717) is 42.2 Å². The minimum atomic E-state index is -1.08. The zero-order chi connectivity index (χ0) is 33.3. The number of para-hydroxylation sites is 1. The topological polar surface area (TPSA) is 119 Å². The molecule has 1 spiro atoms. The first kappa shape index (κ1) is 31.3. The molecule has 48 heavy (non-hydrogen) atoms. The molecule has 10 nitrogen and oxygen atoms in total. The third kappa shape index (κ3) is 5.85. The van der Waals surface area contributed by atoms with Crippen molar-refractivity contribution >= 4 is 23.2 Å². The van der Waals surface area contributed by atoms with Gasteiger partial charge in [-0.3, -0.25) is 14.3 Å². The molecule has 2 aliphatic heterocycles. The molecule has 0 bridgehead atoms. The smallest absolute Gasteiger partial charge is 0.264 e. The maximum absolute atomic E-state index is 14.4. The number of aliphatic hydroxyl groups is 1. The van der Waals surface area contributed by atoms with E-state index < -0.39 is 11.7 Å². The third-order valence-electron chi connectivity index (χ3n) is 9.33. The number of hydrogen-bond acceptors (Lipinski definition) is 7. The van der Waals surface area contributed by atoms with Gasteiger partial charge < -0.3 is 24.8 Å². The summed E-state index contributed by atoms with van der Waals surface area (Å²) in [7, 11) is 1.58. The first-order valence-electron chi connectivity index (χ1n) is 16.1. The Balaban J connectivity index is 1.04. The largest absolute Gasteiger partial charge is 0.497 e. The lowest BCUT2D eigenvalue weighted by atomic mass is 9.83. The lowest BCUT2D eigenvalue weighted by molar-refractivity contribution is -0.146. The van der Waals surface area contributed by atoms with Crippen LogP contribution in [0.25, 0.3) is 0 Å². The van der Waals surface area contributed by atoms with E-state index in [4.69, 9.17) is 9.47 Å².